The molecular formula is C19H20BrFN2O2S. The lowest BCUT2D eigenvalue weighted by Crippen LogP contribution is -2.43. The van der Waals surface area contributed by atoms with E-state index in [9.17, 15) is 9.18 Å². The van der Waals surface area contributed by atoms with E-state index in [0.717, 1.165) is 27.3 Å². The Balaban J connectivity index is 1.64. The van der Waals surface area contributed by atoms with Crippen LogP contribution in [0.4, 0.5) is 4.39 Å². The van der Waals surface area contributed by atoms with Gasteiger partial charge in [0.2, 0.25) is 5.91 Å². The lowest BCUT2D eigenvalue weighted by atomic mass is 10.0. The maximum Gasteiger partial charge on any atom is 0.244 e. The average molecular weight is 439 g/mol. The third-order valence-electron chi connectivity index (χ3n) is 4.20. The van der Waals surface area contributed by atoms with Gasteiger partial charge in [-0.05, 0) is 51.8 Å². The van der Waals surface area contributed by atoms with Gasteiger partial charge in [-0.15, -0.1) is 11.3 Å². The minimum absolute atomic E-state index is 0.00673. The molecule has 3 rings (SSSR count). The summed E-state index contributed by atoms with van der Waals surface area (Å²) in [6, 6.07) is 10.4. The smallest absolute Gasteiger partial charge is 0.244 e. The molecule has 1 aromatic heterocycles. The quantitative estimate of drug-likeness (QED) is 0.696. The van der Waals surface area contributed by atoms with Crippen LogP contribution in [0.15, 0.2) is 46.3 Å². The van der Waals surface area contributed by atoms with Gasteiger partial charge in [0.05, 0.1) is 23.0 Å². The summed E-state index contributed by atoms with van der Waals surface area (Å²) >= 11 is 4.97. The predicted octanol–water partition coefficient (Wildman–Crippen LogP) is 3.85. The molecule has 1 unspecified atom stereocenters. The largest absolute Gasteiger partial charge is 0.379 e. The number of benzene rings is 1. The van der Waals surface area contributed by atoms with Gasteiger partial charge in [-0.2, -0.15) is 0 Å². The highest BCUT2D eigenvalue weighted by molar-refractivity contribution is 9.11. The van der Waals surface area contributed by atoms with E-state index in [1.807, 2.05) is 12.1 Å². The van der Waals surface area contributed by atoms with Gasteiger partial charge in [-0.25, -0.2) is 4.39 Å². The van der Waals surface area contributed by atoms with Crippen LogP contribution >= 0.6 is 27.3 Å². The molecule has 0 bridgehead atoms. The van der Waals surface area contributed by atoms with Crippen LogP contribution in [0.2, 0.25) is 0 Å². The number of carbonyl (C=O) groups excluding carboxylic acids is 1. The zero-order chi connectivity index (χ0) is 18.4. The molecule has 1 amide bonds. The number of ether oxygens (including phenoxy) is 1. The Morgan fingerprint density at radius 3 is 2.65 bits per heavy atom. The van der Waals surface area contributed by atoms with E-state index < -0.39 is 0 Å². The van der Waals surface area contributed by atoms with Crippen molar-refractivity contribution in [2.45, 2.75) is 6.04 Å². The fourth-order valence-electron chi connectivity index (χ4n) is 2.86. The molecule has 1 aromatic carbocycles. The number of carbonyl (C=O) groups is 1. The summed E-state index contributed by atoms with van der Waals surface area (Å²) < 4.78 is 19.7. The number of amides is 1. The van der Waals surface area contributed by atoms with Crippen LogP contribution in [0.1, 0.15) is 16.5 Å². The van der Waals surface area contributed by atoms with Gasteiger partial charge in [0.15, 0.2) is 0 Å². The van der Waals surface area contributed by atoms with Crippen molar-refractivity contribution in [3.05, 3.63) is 62.5 Å². The van der Waals surface area contributed by atoms with Crippen molar-refractivity contribution in [2.24, 2.45) is 0 Å². The highest BCUT2D eigenvalue weighted by atomic mass is 79.9. The van der Waals surface area contributed by atoms with Gasteiger partial charge in [0.1, 0.15) is 5.82 Å². The van der Waals surface area contributed by atoms with Gasteiger partial charge < -0.3 is 10.1 Å². The van der Waals surface area contributed by atoms with Crippen LogP contribution in [0.3, 0.4) is 0 Å². The Labute approximate surface area is 164 Å². The van der Waals surface area contributed by atoms with Crippen LogP contribution < -0.4 is 5.32 Å². The van der Waals surface area contributed by atoms with Crippen molar-refractivity contribution in [1.82, 2.24) is 10.2 Å². The van der Waals surface area contributed by atoms with Crippen molar-refractivity contribution in [3.8, 4) is 0 Å². The highest BCUT2D eigenvalue weighted by Gasteiger charge is 2.23. The molecule has 1 aliphatic rings. The number of nitrogens with zero attached hydrogens (tertiary/aromatic N) is 1. The molecule has 1 aliphatic heterocycles. The van der Waals surface area contributed by atoms with E-state index in [0.29, 0.717) is 19.8 Å². The maximum absolute atomic E-state index is 13.3. The summed E-state index contributed by atoms with van der Waals surface area (Å²) in [4.78, 5) is 15.5. The lowest BCUT2D eigenvalue weighted by Gasteiger charge is -2.34. The minimum Gasteiger partial charge on any atom is -0.379 e. The Hall–Kier alpha value is -1.54. The van der Waals surface area contributed by atoms with E-state index >= 15 is 0 Å². The Kier molecular flexibility index (Phi) is 6.96. The summed E-state index contributed by atoms with van der Waals surface area (Å²) in [7, 11) is 0. The molecule has 1 saturated heterocycles. The van der Waals surface area contributed by atoms with Crippen molar-refractivity contribution < 1.29 is 13.9 Å². The number of hydrogen-bond donors (Lipinski definition) is 1. The molecule has 0 radical (unpaired) electrons. The second-order valence-corrected chi connectivity index (χ2v) is 8.43. The van der Waals surface area contributed by atoms with E-state index in [2.05, 4.69) is 26.1 Å². The van der Waals surface area contributed by atoms with Crippen LogP contribution in [0.5, 0.6) is 0 Å². The number of thiophene rings is 1. The second-order valence-electron chi connectivity index (χ2n) is 5.94. The van der Waals surface area contributed by atoms with Crippen molar-refractivity contribution in [2.75, 3.05) is 32.8 Å². The third kappa shape index (κ3) is 5.48. The summed E-state index contributed by atoms with van der Waals surface area (Å²) in [6.45, 7) is 3.37. The SMILES string of the molecule is O=C(/C=C/c1ccc(Br)s1)NCC(c1ccc(F)cc1)N1CCOCC1. The predicted molar refractivity (Wildman–Crippen MR) is 106 cm³/mol. The molecule has 0 spiro atoms. The first kappa shape index (κ1) is 19.2. The van der Waals surface area contributed by atoms with Crippen LogP contribution in [-0.4, -0.2) is 43.7 Å². The zero-order valence-electron chi connectivity index (χ0n) is 14.2. The zero-order valence-corrected chi connectivity index (χ0v) is 16.6. The maximum atomic E-state index is 13.3. The molecule has 7 heteroatoms. The number of nitrogens with one attached hydrogen (secondary N) is 1. The van der Waals surface area contributed by atoms with E-state index in [-0.39, 0.29) is 17.8 Å². The Bertz CT molecular complexity index is 757. The minimum atomic E-state index is -0.261. The first-order valence-electron chi connectivity index (χ1n) is 8.40. The van der Waals surface area contributed by atoms with E-state index in [1.54, 1.807) is 35.6 Å². The first-order valence-corrected chi connectivity index (χ1v) is 10.0. The molecular weight excluding hydrogens is 419 g/mol. The van der Waals surface area contributed by atoms with Gasteiger partial charge >= 0.3 is 0 Å². The molecule has 2 heterocycles. The second kappa shape index (κ2) is 9.41. The average Bonchev–Trinajstić information content (AvgIpc) is 3.08. The molecule has 1 atom stereocenters. The molecule has 0 aliphatic carbocycles. The summed E-state index contributed by atoms with van der Waals surface area (Å²) in [5.41, 5.74) is 0.986. The molecule has 4 nitrogen and oxygen atoms in total. The number of hydrogen-bond acceptors (Lipinski definition) is 4. The third-order valence-corrected chi connectivity index (χ3v) is 5.79. The van der Waals surface area contributed by atoms with E-state index in [1.165, 1.54) is 12.1 Å². The molecule has 138 valence electrons. The molecule has 0 saturated carbocycles. The normalized spacial score (nSPS) is 16.7. The van der Waals surface area contributed by atoms with Crippen molar-refractivity contribution in [1.29, 1.82) is 0 Å². The molecule has 1 fully saturated rings. The van der Waals surface area contributed by atoms with Gasteiger partial charge in [-0.1, -0.05) is 12.1 Å². The number of rotatable bonds is 6. The van der Waals surface area contributed by atoms with Crippen LogP contribution in [0.25, 0.3) is 6.08 Å². The molecule has 1 N–H and O–H groups in total. The topological polar surface area (TPSA) is 41.6 Å². The lowest BCUT2D eigenvalue weighted by molar-refractivity contribution is -0.116. The molecule has 2 aromatic rings. The highest BCUT2D eigenvalue weighted by Crippen LogP contribution is 2.23. The Morgan fingerprint density at radius 1 is 1.27 bits per heavy atom. The first-order chi connectivity index (χ1) is 12.6. The van der Waals surface area contributed by atoms with Crippen LogP contribution in [-0.2, 0) is 9.53 Å². The van der Waals surface area contributed by atoms with Crippen molar-refractivity contribution in [3.63, 3.8) is 0 Å². The summed E-state index contributed by atoms with van der Waals surface area (Å²) in [5, 5.41) is 2.96. The van der Waals surface area contributed by atoms with Gasteiger partial charge in [0.25, 0.3) is 0 Å². The standard InChI is InChI=1S/C19H20BrFN2O2S/c20-18-7-5-16(26-18)6-8-19(24)22-13-17(23-9-11-25-12-10-23)14-1-3-15(21)4-2-14/h1-8,17H,9-13H2,(H,22,24)/b8-6+. The fourth-order valence-corrected chi connectivity index (χ4v) is 4.19. The number of morpholine rings is 1. The monoisotopic (exact) mass is 438 g/mol. The number of halogens is 2. The van der Waals surface area contributed by atoms with Crippen molar-refractivity contribution >= 4 is 39.2 Å². The Morgan fingerprint density at radius 2 is 2.00 bits per heavy atom. The molecule has 26 heavy (non-hydrogen) atoms. The summed E-state index contributed by atoms with van der Waals surface area (Å²) in [5.74, 6) is -0.404. The van der Waals surface area contributed by atoms with Crippen LogP contribution in [0, 0.1) is 5.82 Å². The van der Waals surface area contributed by atoms with Gasteiger partial charge in [-0.3, -0.25) is 9.69 Å². The summed E-state index contributed by atoms with van der Waals surface area (Å²) in [6.07, 6.45) is 3.34. The van der Waals surface area contributed by atoms with E-state index in [4.69, 9.17) is 4.74 Å². The fraction of sp³-hybridized carbons (Fsp3) is 0.316. The van der Waals surface area contributed by atoms with Gasteiger partial charge in [0, 0.05) is 30.6 Å².